The number of rotatable bonds is 4. The molecule has 3 atom stereocenters. The van der Waals surface area contributed by atoms with E-state index in [0.717, 1.165) is 0 Å². The Morgan fingerprint density at radius 3 is 2.67 bits per heavy atom. The van der Waals surface area contributed by atoms with Crippen molar-refractivity contribution in [1.29, 1.82) is 0 Å². The second kappa shape index (κ2) is 5.09. The molecule has 0 radical (unpaired) electrons. The lowest BCUT2D eigenvalue weighted by atomic mass is 10.1. The van der Waals surface area contributed by atoms with E-state index in [2.05, 4.69) is 10.6 Å². The summed E-state index contributed by atoms with van der Waals surface area (Å²) >= 11 is 0. The van der Waals surface area contributed by atoms with Crippen molar-refractivity contribution < 1.29 is 19.8 Å². The molecule has 0 aromatic rings. The van der Waals surface area contributed by atoms with Crippen molar-refractivity contribution >= 4 is 11.9 Å². The number of aliphatic hydroxyl groups is 1. The van der Waals surface area contributed by atoms with Crippen LogP contribution in [0.3, 0.4) is 0 Å². The summed E-state index contributed by atoms with van der Waals surface area (Å²) in [5.74, 6) is -1.40. The lowest BCUT2D eigenvalue weighted by Crippen LogP contribution is -2.47. The van der Waals surface area contributed by atoms with Gasteiger partial charge in [-0.3, -0.25) is 4.79 Å². The van der Waals surface area contributed by atoms with Gasteiger partial charge in [-0.15, -0.1) is 0 Å². The zero-order valence-electron chi connectivity index (χ0n) is 8.56. The third-order valence-electron chi connectivity index (χ3n) is 2.45. The number of β-amino-alcohol motifs (C(OH)–C–C–N with tert-alkyl or cyclic N) is 1. The molecule has 0 spiro atoms. The van der Waals surface area contributed by atoms with Gasteiger partial charge in [0, 0.05) is 6.54 Å². The van der Waals surface area contributed by atoms with Crippen LogP contribution >= 0.6 is 0 Å². The molecule has 1 aliphatic rings. The minimum Gasteiger partial charge on any atom is -0.480 e. The average Bonchev–Trinajstić information content (AvgIpc) is 2.60. The van der Waals surface area contributed by atoms with Gasteiger partial charge < -0.3 is 20.8 Å². The number of aliphatic hydroxyl groups excluding tert-OH is 1. The fourth-order valence-electron chi connectivity index (χ4n) is 1.53. The molecule has 0 saturated carbocycles. The molecule has 1 fully saturated rings. The van der Waals surface area contributed by atoms with Crippen molar-refractivity contribution in [2.75, 3.05) is 6.54 Å². The van der Waals surface area contributed by atoms with Gasteiger partial charge in [0.1, 0.15) is 6.04 Å². The number of carbonyl (C=O) groups is 2. The third-order valence-corrected chi connectivity index (χ3v) is 2.45. The first-order valence-corrected chi connectivity index (χ1v) is 4.99. The zero-order valence-corrected chi connectivity index (χ0v) is 8.56. The van der Waals surface area contributed by atoms with Gasteiger partial charge in [0.15, 0.2) is 0 Å². The Hall–Kier alpha value is -1.14. The van der Waals surface area contributed by atoms with Crippen LogP contribution in [-0.4, -0.2) is 46.8 Å². The van der Waals surface area contributed by atoms with E-state index in [1.165, 1.54) is 0 Å². The molecule has 6 nitrogen and oxygen atoms in total. The Morgan fingerprint density at radius 1 is 1.60 bits per heavy atom. The van der Waals surface area contributed by atoms with Crippen molar-refractivity contribution in [2.24, 2.45) is 0 Å². The van der Waals surface area contributed by atoms with Crippen molar-refractivity contribution in [3.05, 3.63) is 0 Å². The molecule has 1 amide bonds. The molecule has 0 bridgehead atoms. The molecule has 0 aromatic heterocycles. The third kappa shape index (κ3) is 3.17. The maximum absolute atomic E-state index is 11.5. The van der Waals surface area contributed by atoms with E-state index < -0.39 is 24.2 Å². The number of aliphatic carboxylic acids is 1. The van der Waals surface area contributed by atoms with Crippen molar-refractivity contribution in [2.45, 2.75) is 38.0 Å². The maximum Gasteiger partial charge on any atom is 0.326 e. The Labute approximate surface area is 87.7 Å². The van der Waals surface area contributed by atoms with Gasteiger partial charge in [-0.25, -0.2) is 4.79 Å². The second-order valence-electron chi connectivity index (χ2n) is 3.66. The molecule has 1 rings (SSSR count). The summed E-state index contributed by atoms with van der Waals surface area (Å²) in [4.78, 5) is 22.2. The van der Waals surface area contributed by atoms with Crippen LogP contribution in [0.1, 0.15) is 19.8 Å². The van der Waals surface area contributed by atoms with E-state index in [-0.39, 0.29) is 5.91 Å². The summed E-state index contributed by atoms with van der Waals surface area (Å²) in [6.07, 6.45) is 0.156. The molecule has 15 heavy (non-hydrogen) atoms. The van der Waals surface area contributed by atoms with E-state index in [9.17, 15) is 14.7 Å². The van der Waals surface area contributed by atoms with Crippen molar-refractivity contribution in [1.82, 2.24) is 10.6 Å². The highest BCUT2D eigenvalue weighted by molar-refractivity contribution is 5.87. The van der Waals surface area contributed by atoms with Crippen LogP contribution in [0.15, 0.2) is 0 Å². The summed E-state index contributed by atoms with van der Waals surface area (Å²) in [7, 11) is 0. The van der Waals surface area contributed by atoms with Crippen LogP contribution in [0.5, 0.6) is 0 Å². The predicted octanol–water partition coefficient (Wildman–Crippen LogP) is -1.31. The molecular weight excluding hydrogens is 200 g/mol. The van der Waals surface area contributed by atoms with E-state index in [4.69, 9.17) is 5.11 Å². The van der Waals surface area contributed by atoms with Gasteiger partial charge >= 0.3 is 5.97 Å². The van der Waals surface area contributed by atoms with Crippen LogP contribution in [0.2, 0.25) is 0 Å². The topological polar surface area (TPSA) is 98.7 Å². The SMILES string of the molecule is CC[C@H](NC(=O)[C@@H]1C[C@@H](O)CN1)C(=O)O. The van der Waals surface area contributed by atoms with Crippen LogP contribution < -0.4 is 10.6 Å². The van der Waals surface area contributed by atoms with Crippen LogP contribution in [-0.2, 0) is 9.59 Å². The Kier molecular flexibility index (Phi) is 4.05. The van der Waals surface area contributed by atoms with E-state index in [0.29, 0.717) is 19.4 Å². The van der Waals surface area contributed by atoms with Crippen molar-refractivity contribution in [3.8, 4) is 0 Å². The van der Waals surface area contributed by atoms with Crippen LogP contribution in [0.4, 0.5) is 0 Å². The largest absolute Gasteiger partial charge is 0.480 e. The number of carboxylic acid groups (broad SMARTS) is 1. The number of nitrogens with one attached hydrogen (secondary N) is 2. The van der Waals surface area contributed by atoms with E-state index in [1.807, 2.05) is 0 Å². The molecule has 1 aliphatic heterocycles. The number of carbonyl (C=O) groups excluding carboxylic acids is 1. The molecule has 4 N–H and O–H groups in total. The number of hydrogen-bond acceptors (Lipinski definition) is 4. The molecule has 86 valence electrons. The number of amides is 1. The zero-order chi connectivity index (χ0) is 11.4. The summed E-state index contributed by atoms with van der Waals surface area (Å²) in [5, 5.41) is 23.2. The van der Waals surface area contributed by atoms with E-state index >= 15 is 0 Å². The summed E-state index contributed by atoms with van der Waals surface area (Å²) < 4.78 is 0. The molecule has 0 unspecified atom stereocenters. The second-order valence-corrected chi connectivity index (χ2v) is 3.66. The van der Waals surface area contributed by atoms with Crippen LogP contribution in [0.25, 0.3) is 0 Å². The van der Waals surface area contributed by atoms with Gasteiger partial charge in [0.2, 0.25) is 5.91 Å². The summed E-state index contributed by atoms with van der Waals surface area (Å²) in [5.41, 5.74) is 0. The molecular formula is C9H16N2O4. The Balaban J connectivity index is 2.44. The minimum atomic E-state index is -1.04. The fraction of sp³-hybridized carbons (Fsp3) is 0.778. The molecule has 1 saturated heterocycles. The monoisotopic (exact) mass is 216 g/mol. The first kappa shape index (κ1) is 11.9. The molecule has 0 aliphatic carbocycles. The lowest BCUT2D eigenvalue weighted by Gasteiger charge is -2.15. The van der Waals surface area contributed by atoms with Gasteiger partial charge in [0.05, 0.1) is 12.1 Å². The standard InChI is InChI=1S/C9H16N2O4/c1-2-6(9(14)15)11-8(13)7-3-5(12)4-10-7/h5-7,10,12H,2-4H2,1H3,(H,11,13)(H,14,15)/t5-,6+,7+/m1/s1. The highest BCUT2D eigenvalue weighted by Gasteiger charge is 2.30. The first-order chi connectivity index (χ1) is 7.04. The van der Waals surface area contributed by atoms with Crippen LogP contribution in [0, 0.1) is 0 Å². The minimum absolute atomic E-state index is 0.335. The van der Waals surface area contributed by atoms with Gasteiger partial charge in [-0.1, -0.05) is 6.92 Å². The molecule has 0 aromatic carbocycles. The average molecular weight is 216 g/mol. The van der Waals surface area contributed by atoms with Gasteiger partial charge in [-0.2, -0.15) is 0 Å². The molecule has 1 heterocycles. The quantitative estimate of drug-likeness (QED) is 0.467. The van der Waals surface area contributed by atoms with Crippen molar-refractivity contribution in [3.63, 3.8) is 0 Å². The Bertz CT molecular complexity index is 256. The highest BCUT2D eigenvalue weighted by Crippen LogP contribution is 2.06. The lowest BCUT2D eigenvalue weighted by molar-refractivity contribution is -0.142. The van der Waals surface area contributed by atoms with E-state index in [1.54, 1.807) is 6.92 Å². The summed E-state index contributed by atoms with van der Waals surface area (Å²) in [6, 6.07) is -1.33. The normalized spacial score (nSPS) is 27.3. The predicted molar refractivity (Wildman–Crippen MR) is 52.3 cm³/mol. The Morgan fingerprint density at radius 2 is 2.27 bits per heavy atom. The smallest absolute Gasteiger partial charge is 0.326 e. The first-order valence-electron chi connectivity index (χ1n) is 4.99. The maximum atomic E-state index is 11.5. The fourth-order valence-corrected chi connectivity index (χ4v) is 1.53. The summed E-state index contributed by atoms with van der Waals surface area (Å²) in [6.45, 7) is 2.07. The number of hydrogen-bond donors (Lipinski definition) is 4. The number of carboxylic acids is 1. The molecule has 6 heteroatoms. The highest BCUT2D eigenvalue weighted by atomic mass is 16.4. The van der Waals surface area contributed by atoms with Gasteiger partial charge in [0.25, 0.3) is 0 Å². The van der Waals surface area contributed by atoms with Gasteiger partial charge in [-0.05, 0) is 12.8 Å².